The number of rotatable bonds is 9. The minimum Gasteiger partial charge on any atom is -0.497 e. The standard InChI is InChI=1S/C23H24N2O4.C15H16N2O3/c1-5-19-20(21(26)17-10-14(2)9-15(3)11-17)25(23(28)24-22(19)27)13-16-7-6-8-18(12-16)29-4;1-4-11-12(16-15(20)17-14(11)19)13(18)10-6-8(2)5-9(3)7-10/h6-12H,5,13H2,1-4H3,(H,24,27,28);5-7H,4H2,1-3H3,(H2,16,17,19,20). The lowest BCUT2D eigenvalue weighted by atomic mass is 9.99. The van der Waals surface area contributed by atoms with E-state index in [1.54, 1.807) is 57.4 Å². The summed E-state index contributed by atoms with van der Waals surface area (Å²) in [6, 6.07) is 18.2. The fraction of sp³-hybridized carbons (Fsp3) is 0.263. The van der Waals surface area contributed by atoms with Crippen LogP contribution in [0.3, 0.4) is 0 Å². The second-order valence-corrected chi connectivity index (χ2v) is 11.9. The summed E-state index contributed by atoms with van der Waals surface area (Å²) in [7, 11) is 1.56. The summed E-state index contributed by atoms with van der Waals surface area (Å²) in [4.78, 5) is 81.1. The number of ketones is 2. The van der Waals surface area contributed by atoms with Gasteiger partial charge >= 0.3 is 11.4 Å². The van der Waals surface area contributed by atoms with Crippen molar-refractivity contribution >= 4 is 11.6 Å². The molecule has 0 aliphatic carbocycles. The molecule has 0 saturated heterocycles. The van der Waals surface area contributed by atoms with Crippen molar-refractivity contribution in [3.8, 4) is 5.75 Å². The Morgan fingerprint density at radius 3 is 1.73 bits per heavy atom. The van der Waals surface area contributed by atoms with Gasteiger partial charge in [-0.05, 0) is 82.5 Å². The average Bonchev–Trinajstić information content (AvgIpc) is 3.04. The van der Waals surface area contributed by atoms with Crippen LogP contribution >= 0.6 is 0 Å². The lowest BCUT2D eigenvalue weighted by Crippen LogP contribution is -2.37. The molecule has 3 aromatic carbocycles. The van der Waals surface area contributed by atoms with E-state index in [9.17, 15) is 28.8 Å². The Kier molecular flexibility index (Phi) is 11.3. The van der Waals surface area contributed by atoms with Crippen LogP contribution in [0.2, 0.25) is 0 Å². The van der Waals surface area contributed by atoms with E-state index >= 15 is 0 Å². The van der Waals surface area contributed by atoms with E-state index in [4.69, 9.17) is 4.74 Å². The molecule has 0 aliphatic heterocycles. The van der Waals surface area contributed by atoms with Crippen LogP contribution in [-0.4, -0.2) is 38.2 Å². The molecule has 0 radical (unpaired) electrons. The molecule has 0 amide bonds. The van der Waals surface area contributed by atoms with Gasteiger partial charge < -0.3 is 9.72 Å². The normalized spacial score (nSPS) is 10.7. The van der Waals surface area contributed by atoms with Gasteiger partial charge in [0.15, 0.2) is 0 Å². The van der Waals surface area contributed by atoms with Crippen LogP contribution < -0.4 is 27.2 Å². The number of carbonyl (C=O) groups excluding carboxylic acids is 2. The number of carbonyl (C=O) groups is 2. The Hall–Kier alpha value is -5.84. The molecule has 254 valence electrons. The first kappa shape index (κ1) is 36.0. The van der Waals surface area contributed by atoms with Crippen LogP contribution in [0.4, 0.5) is 0 Å². The molecular formula is C38H40N4O7. The van der Waals surface area contributed by atoms with Crippen LogP contribution in [0.25, 0.3) is 0 Å². The van der Waals surface area contributed by atoms with Gasteiger partial charge in [0, 0.05) is 22.3 Å². The summed E-state index contributed by atoms with van der Waals surface area (Å²) in [6.45, 7) is 11.3. The number of methoxy groups -OCH3 is 1. The van der Waals surface area contributed by atoms with E-state index in [0.29, 0.717) is 40.8 Å². The van der Waals surface area contributed by atoms with E-state index in [-0.39, 0.29) is 29.5 Å². The van der Waals surface area contributed by atoms with E-state index < -0.39 is 22.5 Å². The second kappa shape index (κ2) is 15.4. The number of benzene rings is 3. The number of aromatic nitrogens is 4. The highest BCUT2D eigenvalue weighted by molar-refractivity contribution is 6.09. The number of hydrogen-bond acceptors (Lipinski definition) is 7. The molecule has 0 unspecified atom stereocenters. The SMILES string of the molecule is CCc1c(C(=O)c2cc(C)cc(C)c2)[nH]c(=O)[nH]c1=O.CCc1c(C(=O)c2cc(C)cc(C)c2)n(Cc2cccc(OC)c2)c(=O)[nH]c1=O. The van der Waals surface area contributed by atoms with Crippen molar-refractivity contribution in [3.63, 3.8) is 0 Å². The van der Waals surface area contributed by atoms with Gasteiger partial charge in [0.2, 0.25) is 11.6 Å². The quantitative estimate of drug-likeness (QED) is 0.196. The highest BCUT2D eigenvalue weighted by Crippen LogP contribution is 2.19. The van der Waals surface area contributed by atoms with E-state index in [1.165, 1.54) is 4.57 Å². The van der Waals surface area contributed by atoms with Crippen LogP contribution in [0.1, 0.15) is 84.9 Å². The smallest absolute Gasteiger partial charge is 0.329 e. The number of ether oxygens (including phenoxy) is 1. The number of nitrogens with zero attached hydrogens (tertiary/aromatic N) is 1. The van der Waals surface area contributed by atoms with Gasteiger partial charge in [0.05, 0.1) is 19.3 Å². The van der Waals surface area contributed by atoms with E-state index in [2.05, 4.69) is 15.0 Å². The zero-order chi connectivity index (χ0) is 36.0. The molecule has 0 atom stereocenters. The van der Waals surface area contributed by atoms with Crippen LogP contribution in [0, 0.1) is 27.7 Å². The lowest BCUT2D eigenvalue weighted by molar-refractivity contribution is 0.102. The summed E-state index contributed by atoms with van der Waals surface area (Å²) < 4.78 is 6.59. The predicted octanol–water partition coefficient (Wildman–Crippen LogP) is 4.48. The highest BCUT2D eigenvalue weighted by Gasteiger charge is 2.23. The second-order valence-electron chi connectivity index (χ2n) is 11.9. The topological polar surface area (TPSA) is 164 Å². The van der Waals surface area contributed by atoms with Gasteiger partial charge in [-0.2, -0.15) is 0 Å². The van der Waals surface area contributed by atoms with Crippen molar-refractivity contribution < 1.29 is 14.3 Å². The maximum absolute atomic E-state index is 13.4. The maximum atomic E-state index is 13.4. The number of aryl methyl sites for hydroxylation is 4. The van der Waals surface area contributed by atoms with Crippen molar-refractivity contribution in [2.24, 2.45) is 0 Å². The first-order valence-corrected chi connectivity index (χ1v) is 15.9. The monoisotopic (exact) mass is 664 g/mol. The average molecular weight is 665 g/mol. The third kappa shape index (κ3) is 8.36. The van der Waals surface area contributed by atoms with Gasteiger partial charge in [-0.3, -0.25) is 33.7 Å². The van der Waals surface area contributed by atoms with Crippen molar-refractivity contribution in [2.45, 2.75) is 60.9 Å². The molecule has 0 fully saturated rings. The molecule has 11 heteroatoms. The zero-order valence-electron chi connectivity index (χ0n) is 28.7. The number of hydrogen-bond donors (Lipinski definition) is 3. The van der Waals surface area contributed by atoms with Crippen molar-refractivity contribution in [2.75, 3.05) is 7.11 Å². The number of H-pyrrole nitrogens is 3. The fourth-order valence-corrected chi connectivity index (χ4v) is 5.84. The molecule has 49 heavy (non-hydrogen) atoms. The van der Waals surface area contributed by atoms with Gasteiger partial charge in [-0.1, -0.05) is 60.4 Å². The Morgan fingerprint density at radius 1 is 0.673 bits per heavy atom. The minimum absolute atomic E-state index is 0.0752. The molecular weight excluding hydrogens is 624 g/mol. The van der Waals surface area contributed by atoms with Crippen molar-refractivity contribution in [1.29, 1.82) is 0 Å². The molecule has 0 aliphatic rings. The molecule has 11 nitrogen and oxygen atoms in total. The Morgan fingerprint density at radius 2 is 1.20 bits per heavy atom. The largest absolute Gasteiger partial charge is 0.497 e. The first-order valence-electron chi connectivity index (χ1n) is 15.9. The van der Waals surface area contributed by atoms with Crippen LogP contribution in [0.5, 0.6) is 5.75 Å². The summed E-state index contributed by atoms with van der Waals surface area (Å²) in [6.07, 6.45) is 0.706. The Bertz CT molecular complexity index is 2250. The van der Waals surface area contributed by atoms with Gasteiger partial charge in [0.1, 0.15) is 11.4 Å². The highest BCUT2D eigenvalue weighted by atomic mass is 16.5. The summed E-state index contributed by atoms with van der Waals surface area (Å²) >= 11 is 0. The predicted molar refractivity (Wildman–Crippen MR) is 189 cm³/mol. The van der Waals surface area contributed by atoms with Gasteiger partial charge in [-0.25, -0.2) is 9.59 Å². The molecule has 0 bridgehead atoms. The molecule has 2 heterocycles. The lowest BCUT2D eigenvalue weighted by Gasteiger charge is -2.16. The van der Waals surface area contributed by atoms with E-state index in [1.807, 2.05) is 52.0 Å². The van der Waals surface area contributed by atoms with Gasteiger partial charge in [-0.15, -0.1) is 0 Å². The molecule has 0 spiro atoms. The van der Waals surface area contributed by atoms with Crippen molar-refractivity contribution in [3.05, 3.63) is 164 Å². The molecule has 5 rings (SSSR count). The number of aromatic amines is 3. The summed E-state index contributed by atoms with van der Waals surface area (Å²) in [5.74, 6) is -0.0190. The minimum atomic E-state index is -0.667. The Balaban J connectivity index is 0.000000237. The third-order valence-electron chi connectivity index (χ3n) is 7.93. The van der Waals surface area contributed by atoms with Crippen LogP contribution in [-0.2, 0) is 19.4 Å². The summed E-state index contributed by atoms with van der Waals surface area (Å²) in [5, 5.41) is 0. The van der Waals surface area contributed by atoms with Crippen molar-refractivity contribution in [1.82, 2.24) is 19.5 Å². The molecule has 0 saturated carbocycles. The Labute approximate surface area is 282 Å². The number of nitrogens with one attached hydrogen (secondary N) is 3. The first-order chi connectivity index (χ1) is 23.3. The zero-order valence-corrected chi connectivity index (χ0v) is 28.7. The van der Waals surface area contributed by atoms with Gasteiger partial charge in [0.25, 0.3) is 11.1 Å². The fourth-order valence-electron chi connectivity index (χ4n) is 5.84. The summed E-state index contributed by atoms with van der Waals surface area (Å²) in [5.41, 5.74) is 4.02. The van der Waals surface area contributed by atoms with E-state index in [0.717, 1.165) is 27.8 Å². The maximum Gasteiger partial charge on any atom is 0.329 e. The van der Waals surface area contributed by atoms with Crippen LogP contribution in [0.15, 0.2) is 79.8 Å². The molecule has 2 aromatic heterocycles. The molecule has 5 aromatic rings. The third-order valence-corrected chi connectivity index (χ3v) is 7.93. The molecule has 3 N–H and O–H groups in total.